The van der Waals surface area contributed by atoms with Crippen molar-refractivity contribution < 1.29 is 18.3 Å². The lowest BCUT2D eigenvalue weighted by Crippen LogP contribution is -2.30. The highest BCUT2D eigenvalue weighted by Gasteiger charge is 2.17. The number of para-hydroxylation sites is 2. The quantitative estimate of drug-likeness (QED) is 0.509. The van der Waals surface area contributed by atoms with E-state index in [1.807, 2.05) is 36.4 Å². The molecule has 0 spiro atoms. The van der Waals surface area contributed by atoms with E-state index in [2.05, 4.69) is 15.3 Å². The van der Waals surface area contributed by atoms with Crippen molar-refractivity contribution >= 4 is 22.6 Å². The monoisotopic (exact) mass is 405 g/mol. The normalized spacial score (nSPS) is 11.8. The van der Waals surface area contributed by atoms with Crippen LogP contribution in [0.5, 0.6) is 5.75 Å². The molecule has 30 heavy (non-hydrogen) atoms. The Hall–Kier alpha value is -3.87. The number of fused-ring (bicyclic) bond motifs is 1. The SMILES string of the molecule is C[C@H](Oc1ccc(-c2cnc3ccccc3n2)cc1)C(=O)Nc1ccc(F)cc1F. The molecular weight excluding hydrogens is 388 g/mol. The van der Waals surface area contributed by atoms with E-state index in [1.165, 1.54) is 0 Å². The van der Waals surface area contributed by atoms with Crippen molar-refractivity contribution in [2.75, 3.05) is 5.32 Å². The molecule has 0 bridgehead atoms. The van der Waals surface area contributed by atoms with Crippen molar-refractivity contribution in [2.45, 2.75) is 13.0 Å². The first kappa shape index (κ1) is 19.4. The summed E-state index contributed by atoms with van der Waals surface area (Å²) in [6, 6.07) is 17.6. The van der Waals surface area contributed by atoms with E-state index in [9.17, 15) is 13.6 Å². The number of carbonyl (C=O) groups is 1. The third kappa shape index (κ3) is 4.25. The minimum atomic E-state index is -0.888. The van der Waals surface area contributed by atoms with Crippen LogP contribution in [-0.2, 0) is 4.79 Å². The first-order valence-corrected chi connectivity index (χ1v) is 9.24. The van der Waals surface area contributed by atoms with Gasteiger partial charge in [0.15, 0.2) is 6.10 Å². The summed E-state index contributed by atoms with van der Waals surface area (Å²) in [5, 5.41) is 2.39. The van der Waals surface area contributed by atoms with Gasteiger partial charge in [0.1, 0.15) is 17.4 Å². The van der Waals surface area contributed by atoms with Crippen LogP contribution in [0.15, 0.2) is 72.9 Å². The number of hydrogen-bond donors (Lipinski definition) is 1. The number of aromatic nitrogens is 2. The molecule has 0 aliphatic heterocycles. The molecular formula is C23H17F2N3O2. The van der Waals surface area contributed by atoms with Gasteiger partial charge in [-0.2, -0.15) is 0 Å². The molecule has 7 heteroatoms. The highest BCUT2D eigenvalue weighted by molar-refractivity contribution is 5.94. The molecule has 0 aliphatic rings. The molecule has 0 saturated heterocycles. The van der Waals surface area contributed by atoms with Crippen LogP contribution in [0.4, 0.5) is 14.5 Å². The number of ether oxygens (including phenoxy) is 1. The van der Waals surface area contributed by atoms with E-state index < -0.39 is 23.6 Å². The van der Waals surface area contributed by atoms with E-state index in [4.69, 9.17) is 4.74 Å². The third-order valence-electron chi connectivity index (χ3n) is 4.47. The van der Waals surface area contributed by atoms with Crippen LogP contribution in [0.25, 0.3) is 22.3 Å². The number of nitrogens with one attached hydrogen (secondary N) is 1. The Morgan fingerprint density at radius 1 is 1.00 bits per heavy atom. The molecule has 4 aromatic rings. The summed E-state index contributed by atoms with van der Waals surface area (Å²) >= 11 is 0. The van der Waals surface area contributed by atoms with Crippen molar-refractivity contribution in [3.8, 4) is 17.0 Å². The van der Waals surface area contributed by atoms with Crippen LogP contribution in [0.1, 0.15) is 6.92 Å². The van der Waals surface area contributed by atoms with E-state index in [0.717, 1.165) is 34.4 Å². The molecule has 0 fully saturated rings. The molecule has 1 heterocycles. The molecule has 0 aliphatic carbocycles. The van der Waals surface area contributed by atoms with Gasteiger partial charge in [-0.25, -0.2) is 13.8 Å². The Morgan fingerprint density at radius 3 is 2.47 bits per heavy atom. The highest BCUT2D eigenvalue weighted by Crippen LogP contribution is 2.23. The topological polar surface area (TPSA) is 64.1 Å². The maximum Gasteiger partial charge on any atom is 0.265 e. The second-order valence-corrected chi connectivity index (χ2v) is 6.64. The number of amides is 1. The van der Waals surface area contributed by atoms with Crippen molar-refractivity contribution in [2.24, 2.45) is 0 Å². The van der Waals surface area contributed by atoms with Gasteiger partial charge in [0.25, 0.3) is 5.91 Å². The van der Waals surface area contributed by atoms with Gasteiger partial charge in [-0.3, -0.25) is 9.78 Å². The molecule has 1 amide bonds. The second-order valence-electron chi connectivity index (χ2n) is 6.64. The van der Waals surface area contributed by atoms with Gasteiger partial charge < -0.3 is 10.1 Å². The van der Waals surface area contributed by atoms with Crippen LogP contribution >= 0.6 is 0 Å². The van der Waals surface area contributed by atoms with Crippen LogP contribution < -0.4 is 10.1 Å². The fraction of sp³-hybridized carbons (Fsp3) is 0.0870. The van der Waals surface area contributed by atoms with Crippen LogP contribution in [-0.4, -0.2) is 22.0 Å². The zero-order valence-electron chi connectivity index (χ0n) is 16.0. The number of nitrogens with zero attached hydrogens (tertiary/aromatic N) is 2. The largest absolute Gasteiger partial charge is 0.481 e. The number of hydrogen-bond acceptors (Lipinski definition) is 4. The Labute approximate surface area is 171 Å². The van der Waals surface area contributed by atoms with Crippen LogP contribution in [0, 0.1) is 11.6 Å². The van der Waals surface area contributed by atoms with Gasteiger partial charge >= 0.3 is 0 Å². The van der Waals surface area contributed by atoms with Crippen molar-refractivity contribution in [3.05, 3.63) is 84.6 Å². The average Bonchev–Trinajstić information content (AvgIpc) is 2.76. The molecule has 0 saturated carbocycles. The predicted octanol–water partition coefficient (Wildman–Crippen LogP) is 4.98. The molecule has 0 unspecified atom stereocenters. The minimum Gasteiger partial charge on any atom is -0.481 e. The Bertz CT molecular complexity index is 1210. The molecule has 1 aromatic heterocycles. The molecule has 1 atom stereocenters. The number of halogens is 2. The third-order valence-corrected chi connectivity index (χ3v) is 4.47. The molecule has 150 valence electrons. The summed E-state index contributed by atoms with van der Waals surface area (Å²) in [5.74, 6) is -1.65. The van der Waals surface area contributed by atoms with Gasteiger partial charge in [-0.1, -0.05) is 12.1 Å². The lowest BCUT2D eigenvalue weighted by Gasteiger charge is -2.15. The van der Waals surface area contributed by atoms with Crippen molar-refractivity contribution in [1.29, 1.82) is 0 Å². The lowest BCUT2D eigenvalue weighted by molar-refractivity contribution is -0.122. The van der Waals surface area contributed by atoms with Crippen LogP contribution in [0.2, 0.25) is 0 Å². The van der Waals surface area contributed by atoms with Crippen molar-refractivity contribution in [1.82, 2.24) is 9.97 Å². The molecule has 0 radical (unpaired) electrons. The smallest absolute Gasteiger partial charge is 0.265 e. The summed E-state index contributed by atoms with van der Waals surface area (Å²) in [4.78, 5) is 21.3. The number of rotatable bonds is 5. The maximum absolute atomic E-state index is 13.7. The summed E-state index contributed by atoms with van der Waals surface area (Å²) < 4.78 is 32.3. The zero-order chi connectivity index (χ0) is 21.1. The minimum absolute atomic E-state index is 0.109. The predicted molar refractivity (Wildman–Crippen MR) is 110 cm³/mol. The summed E-state index contributed by atoms with van der Waals surface area (Å²) in [6.45, 7) is 1.54. The second kappa shape index (κ2) is 8.24. The van der Waals surface area contributed by atoms with E-state index in [1.54, 1.807) is 25.3 Å². The standard InChI is InChI=1S/C23H17F2N3O2/c1-14(23(29)28-19-11-8-16(24)12-18(19)25)30-17-9-6-15(7-10-17)22-13-26-20-4-2-3-5-21(20)27-22/h2-14H,1H3,(H,28,29)/t14-/m0/s1. The lowest BCUT2D eigenvalue weighted by atomic mass is 10.1. The van der Waals surface area contributed by atoms with Gasteiger partial charge in [0.2, 0.25) is 0 Å². The maximum atomic E-state index is 13.7. The molecule has 4 rings (SSSR count). The fourth-order valence-electron chi connectivity index (χ4n) is 2.88. The van der Waals surface area contributed by atoms with E-state index in [0.29, 0.717) is 11.8 Å². The molecule has 3 aromatic carbocycles. The summed E-state index contributed by atoms with van der Waals surface area (Å²) in [5.41, 5.74) is 3.08. The van der Waals surface area contributed by atoms with Crippen LogP contribution in [0.3, 0.4) is 0 Å². The number of carbonyl (C=O) groups excluding carboxylic acids is 1. The average molecular weight is 405 g/mol. The number of benzene rings is 3. The van der Waals surface area contributed by atoms with Gasteiger partial charge in [-0.15, -0.1) is 0 Å². The molecule has 1 N–H and O–H groups in total. The van der Waals surface area contributed by atoms with Crippen molar-refractivity contribution in [3.63, 3.8) is 0 Å². The highest BCUT2D eigenvalue weighted by atomic mass is 19.1. The van der Waals surface area contributed by atoms with E-state index in [-0.39, 0.29) is 5.69 Å². The molecule has 5 nitrogen and oxygen atoms in total. The van der Waals surface area contributed by atoms with E-state index >= 15 is 0 Å². The Morgan fingerprint density at radius 2 is 1.73 bits per heavy atom. The Kier molecular flexibility index (Phi) is 5.34. The first-order chi connectivity index (χ1) is 14.5. The summed E-state index contributed by atoms with van der Waals surface area (Å²) in [7, 11) is 0. The Balaban J connectivity index is 1.43. The first-order valence-electron chi connectivity index (χ1n) is 9.24. The van der Waals surface area contributed by atoms with Gasteiger partial charge in [-0.05, 0) is 55.5 Å². The fourth-order valence-corrected chi connectivity index (χ4v) is 2.88. The van der Waals surface area contributed by atoms with Gasteiger partial charge in [0, 0.05) is 11.6 Å². The number of anilines is 1. The van der Waals surface area contributed by atoms with Gasteiger partial charge in [0.05, 0.1) is 28.6 Å². The summed E-state index contributed by atoms with van der Waals surface area (Å²) in [6.07, 6.45) is 0.812. The zero-order valence-corrected chi connectivity index (χ0v) is 16.0.